The molecule has 0 aromatic heterocycles. The molecule has 0 fully saturated rings. The van der Waals surface area contributed by atoms with Gasteiger partial charge < -0.3 is 9.47 Å². The molecule has 0 radical (unpaired) electrons. The third-order valence-electron chi connectivity index (χ3n) is 5.71. The molecule has 0 N–H and O–H groups in total. The van der Waals surface area contributed by atoms with E-state index in [1.807, 2.05) is 13.8 Å². The van der Waals surface area contributed by atoms with Gasteiger partial charge in [-0.1, -0.05) is 92.4 Å². The zero-order chi connectivity index (χ0) is 21.3. The highest BCUT2D eigenvalue weighted by atomic mass is 16.6. The molecule has 0 rings (SSSR count). The summed E-state index contributed by atoms with van der Waals surface area (Å²) in [6, 6.07) is 0. The van der Waals surface area contributed by atoms with Crippen molar-refractivity contribution in [2.24, 2.45) is 5.41 Å². The molecular weight excluding hydrogens is 352 g/mol. The molecule has 0 spiro atoms. The Hall–Kier alpha value is -1.06. The average molecular weight is 399 g/mol. The molecule has 0 amide bonds. The van der Waals surface area contributed by atoms with E-state index >= 15 is 0 Å². The molecule has 0 heterocycles. The lowest BCUT2D eigenvalue weighted by Gasteiger charge is -2.29. The molecule has 4 nitrogen and oxygen atoms in total. The van der Waals surface area contributed by atoms with E-state index in [0.29, 0.717) is 19.4 Å². The number of hydrogen-bond acceptors (Lipinski definition) is 4. The Morgan fingerprint density at radius 1 is 0.679 bits per heavy atom. The zero-order valence-corrected chi connectivity index (χ0v) is 19.3. The molecule has 0 saturated heterocycles. The quantitative estimate of drug-likeness (QED) is 0.142. The fraction of sp³-hybridized carbons (Fsp3) is 0.917. The first kappa shape index (κ1) is 26.9. The van der Waals surface area contributed by atoms with E-state index in [4.69, 9.17) is 9.47 Å². The van der Waals surface area contributed by atoms with E-state index < -0.39 is 17.4 Å². The van der Waals surface area contributed by atoms with Crippen LogP contribution in [-0.2, 0) is 19.1 Å². The van der Waals surface area contributed by atoms with Crippen LogP contribution in [0, 0.1) is 5.41 Å². The van der Waals surface area contributed by atoms with Crippen molar-refractivity contribution in [3.8, 4) is 0 Å². The van der Waals surface area contributed by atoms with Crippen LogP contribution in [0.4, 0.5) is 0 Å². The monoisotopic (exact) mass is 398 g/mol. The van der Waals surface area contributed by atoms with Crippen LogP contribution < -0.4 is 0 Å². The number of hydrogen-bond donors (Lipinski definition) is 0. The Balaban J connectivity index is 4.46. The van der Waals surface area contributed by atoms with Gasteiger partial charge in [-0.15, -0.1) is 0 Å². The number of carbonyl (C=O) groups excluding carboxylic acids is 2. The van der Waals surface area contributed by atoms with Gasteiger partial charge in [0.05, 0.1) is 6.61 Å². The smallest absolute Gasteiger partial charge is 0.323 e. The summed E-state index contributed by atoms with van der Waals surface area (Å²) in [5, 5.41) is 0. The second kappa shape index (κ2) is 16.9. The molecule has 4 heteroatoms. The first-order valence-electron chi connectivity index (χ1n) is 11.9. The molecule has 0 aromatic carbocycles. The minimum atomic E-state index is -1.15. The van der Waals surface area contributed by atoms with Crippen molar-refractivity contribution in [3.05, 3.63) is 0 Å². The Bertz CT molecular complexity index is 395. The lowest BCUT2D eigenvalue weighted by atomic mass is 9.82. The summed E-state index contributed by atoms with van der Waals surface area (Å²) in [4.78, 5) is 25.6. The van der Waals surface area contributed by atoms with Crippen molar-refractivity contribution in [1.29, 1.82) is 0 Å². The zero-order valence-electron chi connectivity index (χ0n) is 19.3. The van der Waals surface area contributed by atoms with Crippen LogP contribution in [0.25, 0.3) is 0 Å². The van der Waals surface area contributed by atoms with Crippen molar-refractivity contribution in [3.63, 3.8) is 0 Å². The highest BCUT2D eigenvalue weighted by Crippen LogP contribution is 2.31. The van der Waals surface area contributed by atoms with Gasteiger partial charge in [0.2, 0.25) is 0 Å². The third kappa shape index (κ3) is 9.93. The molecule has 0 bridgehead atoms. The summed E-state index contributed by atoms with van der Waals surface area (Å²) in [5.41, 5.74) is -1.15. The third-order valence-corrected chi connectivity index (χ3v) is 5.71. The Morgan fingerprint density at radius 3 is 1.64 bits per heavy atom. The molecule has 0 saturated carbocycles. The van der Waals surface area contributed by atoms with Crippen LogP contribution in [0.15, 0.2) is 0 Å². The molecule has 0 aliphatic heterocycles. The molecule has 28 heavy (non-hydrogen) atoms. The molecule has 0 aliphatic rings. The standard InChI is InChI=1S/C24H46O4/c1-6-11-12-13-14-15-16-17-20-27-22(25)24(9-4,10-5)23(26)28-21(18-7-2)19-8-3/h21H,6-20H2,1-5H3. The SMILES string of the molecule is CCCCCCCCCCOC(=O)C(CC)(CC)C(=O)OC(CCC)CCC. The van der Waals surface area contributed by atoms with Gasteiger partial charge in [0, 0.05) is 0 Å². The molecule has 166 valence electrons. The maximum atomic E-state index is 12.9. The van der Waals surface area contributed by atoms with E-state index in [1.54, 1.807) is 0 Å². The minimum absolute atomic E-state index is 0.0968. The van der Waals surface area contributed by atoms with Crippen LogP contribution in [-0.4, -0.2) is 24.6 Å². The molecule has 0 atom stereocenters. The van der Waals surface area contributed by atoms with E-state index in [0.717, 1.165) is 38.5 Å². The minimum Gasteiger partial charge on any atom is -0.465 e. The predicted molar refractivity (Wildman–Crippen MR) is 116 cm³/mol. The Labute approximate surface area is 174 Å². The molecular formula is C24H46O4. The van der Waals surface area contributed by atoms with Crippen molar-refractivity contribution in [1.82, 2.24) is 0 Å². The van der Waals surface area contributed by atoms with Gasteiger partial charge in [-0.2, -0.15) is 0 Å². The van der Waals surface area contributed by atoms with Gasteiger partial charge in [0.15, 0.2) is 5.41 Å². The topological polar surface area (TPSA) is 52.6 Å². The normalized spacial score (nSPS) is 11.6. The largest absolute Gasteiger partial charge is 0.465 e. The highest BCUT2D eigenvalue weighted by Gasteiger charge is 2.46. The average Bonchev–Trinajstić information content (AvgIpc) is 2.68. The predicted octanol–water partition coefficient (Wildman–Crippen LogP) is 6.99. The molecule has 0 aliphatic carbocycles. The van der Waals surface area contributed by atoms with Crippen molar-refractivity contribution in [2.45, 2.75) is 131 Å². The van der Waals surface area contributed by atoms with E-state index in [-0.39, 0.29) is 6.10 Å². The van der Waals surface area contributed by atoms with E-state index in [2.05, 4.69) is 20.8 Å². The second-order valence-corrected chi connectivity index (χ2v) is 8.00. The van der Waals surface area contributed by atoms with Crippen LogP contribution in [0.1, 0.15) is 125 Å². The van der Waals surface area contributed by atoms with Crippen molar-refractivity contribution >= 4 is 11.9 Å². The van der Waals surface area contributed by atoms with Gasteiger partial charge in [-0.25, -0.2) is 0 Å². The van der Waals surface area contributed by atoms with E-state index in [9.17, 15) is 9.59 Å². The summed E-state index contributed by atoms with van der Waals surface area (Å²) in [6.45, 7) is 10.5. The number of unbranched alkanes of at least 4 members (excludes halogenated alkanes) is 7. The van der Waals surface area contributed by atoms with Crippen molar-refractivity contribution in [2.75, 3.05) is 6.61 Å². The highest BCUT2D eigenvalue weighted by molar-refractivity contribution is 6.00. The molecule has 0 unspecified atom stereocenters. The summed E-state index contributed by atoms with van der Waals surface area (Å²) < 4.78 is 11.3. The van der Waals surface area contributed by atoms with Crippen molar-refractivity contribution < 1.29 is 19.1 Å². The summed E-state index contributed by atoms with van der Waals surface area (Å²) >= 11 is 0. The van der Waals surface area contributed by atoms with Gasteiger partial charge in [-0.05, 0) is 32.1 Å². The Kier molecular flexibility index (Phi) is 16.2. The summed E-state index contributed by atoms with van der Waals surface area (Å²) in [7, 11) is 0. The van der Waals surface area contributed by atoms with Crippen LogP contribution in [0.5, 0.6) is 0 Å². The maximum absolute atomic E-state index is 12.9. The number of esters is 2. The lowest BCUT2D eigenvalue weighted by Crippen LogP contribution is -2.42. The van der Waals surface area contributed by atoms with Crippen LogP contribution in [0.2, 0.25) is 0 Å². The van der Waals surface area contributed by atoms with Gasteiger partial charge in [0.1, 0.15) is 6.10 Å². The van der Waals surface area contributed by atoms with Gasteiger partial charge in [0.25, 0.3) is 0 Å². The molecule has 0 aromatic rings. The summed E-state index contributed by atoms with van der Waals surface area (Å²) in [5.74, 6) is -0.803. The van der Waals surface area contributed by atoms with Gasteiger partial charge >= 0.3 is 11.9 Å². The summed E-state index contributed by atoms with van der Waals surface area (Å²) in [6.07, 6.45) is 13.9. The van der Waals surface area contributed by atoms with Crippen LogP contribution in [0.3, 0.4) is 0 Å². The van der Waals surface area contributed by atoms with Crippen LogP contribution >= 0.6 is 0 Å². The van der Waals surface area contributed by atoms with Gasteiger partial charge in [-0.3, -0.25) is 9.59 Å². The number of ether oxygens (including phenoxy) is 2. The number of carbonyl (C=O) groups is 2. The first-order valence-corrected chi connectivity index (χ1v) is 11.9. The fourth-order valence-electron chi connectivity index (χ4n) is 3.62. The first-order chi connectivity index (χ1) is 13.5. The Morgan fingerprint density at radius 2 is 1.18 bits per heavy atom. The lowest BCUT2D eigenvalue weighted by molar-refractivity contribution is -0.177. The number of rotatable bonds is 18. The fourth-order valence-corrected chi connectivity index (χ4v) is 3.62. The second-order valence-electron chi connectivity index (χ2n) is 8.00. The van der Waals surface area contributed by atoms with E-state index in [1.165, 1.54) is 38.5 Å². The maximum Gasteiger partial charge on any atom is 0.323 e.